The van der Waals surface area contributed by atoms with Gasteiger partial charge in [0.1, 0.15) is 23.7 Å². The first-order valence-electron chi connectivity index (χ1n) is 8.33. The second-order valence-corrected chi connectivity index (χ2v) is 5.68. The zero-order valence-electron chi connectivity index (χ0n) is 14.8. The minimum Gasteiger partial charge on any atom is -0.488 e. The van der Waals surface area contributed by atoms with Crippen LogP contribution in [0.2, 0.25) is 0 Å². The van der Waals surface area contributed by atoms with Crippen LogP contribution in [0, 0.1) is 0 Å². The molecule has 5 heteroatoms. The smallest absolute Gasteiger partial charge is 0.347 e. The predicted molar refractivity (Wildman–Crippen MR) is 100.0 cm³/mol. The average Bonchev–Trinajstić information content (AvgIpc) is 2.73. The second kappa shape index (κ2) is 8.67. The van der Waals surface area contributed by atoms with Crippen LogP contribution in [-0.2, 0) is 11.3 Å². The van der Waals surface area contributed by atoms with Crippen molar-refractivity contribution in [3.63, 3.8) is 0 Å². The monoisotopic (exact) mass is 362 g/mol. The molecule has 0 aromatic heterocycles. The van der Waals surface area contributed by atoms with Crippen LogP contribution in [0.3, 0.4) is 0 Å². The summed E-state index contributed by atoms with van der Waals surface area (Å²) in [6, 6.07) is 22.6. The van der Waals surface area contributed by atoms with Crippen LogP contribution in [0.25, 0.3) is 0 Å². The first kappa shape index (κ1) is 18.2. The van der Waals surface area contributed by atoms with Gasteiger partial charge in [0.05, 0.1) is 12.7 Å². The molecule has 0 aliphatic rings. The van der Waals surface area contributed by atoms with Crippen LogP contribution in [0.4, 0.5) is 0 Å². The number of carbonyl (C=O) groups is 2. The maximum atomic E-state index is 12.4. The molecule has 0 radical (unpaired) electrons. The Morgan fingerprint density at radius 1 is 0.778 bits per heavy atom. The number of hydrogen-bond donors (Lipinski definition) is 0. The summed E-state index contributed by atoms with van der Waals surface area (Å²) in [5.41, 5.74) is 1.66. The summed E-state index contributed by atoms with van der Waals surface area (Å²) in [5.74, 6) is 0.0143. The molecule has 0 saturated carbocycles. The van der Waals surface area contributed by atoms with Crippen molar-refractivity contribution in [2.24, 2.45) is 0 Å². The maximum absolute atomic E-state index is 12.4. The Bertz CT molecular complexity index is 917. The van der Waals surface area contributed by atoms with Gasteiger partial charge in [-0.2, -0.15) is 0 Å². The van der Waals surface area contributed by atoms with Gasteiger partial charge in [0.2, 0.25) is 0 Å². The quantitative estimate of drug-likeness (QED) is 0.484. The topological polar surface area (TPSA) is 61.8 Å². The second-order valence-electron chi connectivity index (χ2n) is 5.68. The Morgan fingerprint density at radius 3 is 2.15 bits per heavy atom. The first-order chi connectivity index (χ1) is 13.2. The summed E-state index contributed by atoms with van der Waals surface area (Å²) in [4.78, 5) is 23.9. The third kappa shape index (κ3) is 4.73. The van der Waals surface area contributed by atoms with Crippen LogP contribution in [0.1, 0.15) is 26.3 Å². The van der Waals surface area contributed by atoms with Crippen LogP contribution in [0.5, 0.6) is 11.5 Å². The van der Waals surface area contributed by atoms with Crippen LogP contribution in [-0.4, -0.2) is 19.0 Å². The number of ether oxygens (including phenoxy) is 3. The molecule has 3 aromatic carbocycles. The molecule has 3 aromatic rings. The molecule has 5 nitrogen and oxygen atoms in total. The van der Waals surface area contributed by atoms with Crippen molar-refractivity contribution in [3.05, 3.63) is 95.6 Å². The predicted octanol–water partition coefficient (Wildman–Crippen LogP) is 4.27. The molecule has 0 fully saturated rings. The van der Waals surface area contributed by atoms with Crippen molar-refractivity contribution < 1.29 is 23.8 Å². The fourth-order valence-corrected chi connectivity index (χ4v) is 2.43. The molecule has 0 atom stereocenters. The number of rotatable bonds is 6. The lowest BCUT2D eigenvalue weighted by Gasteiger charge is -2.11. The maximum Gasteiger partial charge on any atom is 0.347 e. The molecule has 0 spiro atoms. The van der Waals surface area contributed by atoms with Crippen molar-refractivity contribution >= 4 is 11.9 Å². The van der Waals surface area contributed by atoms with Crippen LogP contribution >= 0.6 is 0 Å². The number of esters is 2. The van der Waals surface area contributed by atoms with Gasteiger partial charge in [0.25, 0.3) is 0 Å². The zero-order chi connectivity index (χ0) is 19.1. The highest BCUT2D eigenvalue weighted by molar-refractivity contribution is 5.94. The Balaban J connectivity index is 1.69. The van der Waals surface area contributed by atoms with Crippen LogP contribution in [0.15, 0.2) is 78.9 Å². The van der Waals surface area contributed by atoms with Crippen molar-refractivity contribution in [2.75, 3.05) is 7.11 Å². The first-order valence-corrected chi connectivity index (χ1v) is 8.33. The van der Waals surface area contributed by atoms with E-state index >= 15 is 0 Å². The Hall–Kier alpha value is -3.60. The molecule has 0 aliphatic heterocycles. The highest BCUT2D eigenvalue weighted by Crippen LogP contribution is 2.22. The normalized spacial score (nSPS) is 10.1. The van der Waals surface area contributed by atoms with Gasteiger partial charge < -0.3 is 14.2 Å². The molecule has 27 heavy (non-hydrogen) atoms. The number of carbonyl (C=O) groups excluding carboxylic acids is 2. The Morgan fingerprint density at radius 2 is 1.44 bits per heavy atom. The number of benzene rings is 3. The van der Waals surface area contributed by atoms with E-state index in [1.165, 1.54) is 7.11 Å². The summed E-state index contributed by atoms with van der Waals surface area (Å²) in [5, 5.41) is 0. The minimum atomic E-state index is -0.488. The molecular formula is C22H18O5. The van der Waals surface area contributed by atoms with E-state index in [1.807, 2.05) is 6.07 Å². The summed E-state index contributed by atoms with van der Waals surface area (Å²) < 4.78 is 15.8. The largest absolute Gasteiger partial charge is 0.488 e. The van der Waals surface area contributed by atoms with Gasteiger partial charge in [0, 0.05) is 0 Å². The van der Waals surface area contributed by atoms with E-state index in [0.29, 0.717) is 22.6 Å². The molecular weight excluding hydrogens is 344 g/mol. The van der Waals surface area contributed by atoms with Crippen molar-refractivity contribution in [1.29, 1.82) is 0 Å². The molecule has 0 unspecified atom stereocenters. The Kier molecular flexibility index (Phi) is 5.84. The molecule has 0 N–H and O–H groups in total. The standard InChI is InChI=1S/C22H18O5/c1-25-21(23)17-13-11-16(12-14-17)15-26-20-10-6-5-9-19(20)22(24)27-18-7-3-2-4-8-18/h2-14H,15H2,1H3. The van der Waals surface area contributed by atoms with Gasteiger partial charge in [0.15, 0.2) is 0 Å². The van der Waals surface area contributed by atoms with E-state index in [-0.39, 0.29) is 6.61 Å². The average molecular weight is 362 g/mol. The van der Waals surface area contributed by atoms with Gasteiger partial charge in [-0.3, -0.25) is 0 Å². The van der Waals surface area contributed by atoms with E-state index in [9.17, 15) is 9.59 Å². The highest BCUT2D eigenvalue weighted by Gasteiger charge is 2.14. The minimum absolute atomic E-state index is 0.247. The van der Waals surface area contributed by atoms with Crippen molar-refractivity contribution in [3.8, 4) is 11.5 Å². The van der Waals surface area contributed by atoms with Gasteiger partial charge in [-0.1, -0.05) is 42.5 Å². The van der Waals surface area contributed by atoms with Crippen LogP contribution < -0.4 is 9.47 Å². The summed E-state index contributed by atoms with van der Waals surface area (Å²) in [6.45, 7) is 0.247. The molecule has 0 amide bonds. The SMILES string of the molecule is COC(=O)c1ccc(COc2ccccc2C(=O)Oc2ccccc2)cc1. The van der Waals surface area contributed by atoms with E-state index in [2.05, 4.69) is 4.74 Å². The van der Waals surface area contributed by atoms with E-state index < -0.39 is 11.9 Å². The van der Waals surface area contributed by atoms with Gasteiger partial charge in [-0.15, -0.1) is 0 Å². The highest BCUT2D eigenvalue weighted by atomic mass is 16.5. The van der Waals surface area contributed by atoms with Gasteiger partial charge in [-0.25, -0.2) is 9.59 Å². The van der Waals surface area contributed by atoms with Gasteiger partial charge in [-0.05, 0) is 42.0 Å². The summed E-state index contributed by atoms with van der Waals surface area (Å²) in [7, 11) is 1.34. The molecule has 0 heterocycles. The molecule has 0 aliphatic carbocycles. The number of methoxy groups -OCH3 is 1. The molecule has 0 bridgehead atoms. The molecule has 3 rings (SSSR count). The third-order valence-corrected chi connectivity index (χ3v) is 3.83. The third-order valence-electron chi connectivity index (χ3n) is 3.83. The van der Waals surface area contributed by atoms with Gasteiger partial charge >= 0.3 is 11.9 Å². The fraction of sp³-hybridized carbons (Fsp3) is 0.0909. The fourth-order valence-electron chi connectivity index (χ4n) is 2.43. The molecule has 0 saturated heterocycles. The number of para-hydroxylation sites is 2. The van der Waals surface area contributed by atoms with Crippen molar-refractivity contribution in [1.82, 2.24) is 0 Å². The van der Waals surface area contributed by atoms with E-state index in [0.717, 1.165) is 5.56 Å². The zero-order valence-corrected chi connectivity index (χ0v) is 14.8. The Labute approximate surface area is 157 Å². The lowest BCUT2D eigenvalue weighted by Crippen LogP contribution is -2.11. The molecule has 136 valence electrons. The van der Waals surface area contributed by atoms with E-state index in [1.54, 1.807) is 72.8 Å². The number of hydrogen-bond acceptors (Lipinski definition) is 5. The summed E-state index contributed by atoms with van der Waals surface area (Å²) in [6.07, 6.45) is 0. The van der Waals surface area contributed by atoms with E-state index in [4.69, 9.17) is 9.47 Å². The lowest BCUT2D eigenvalue weighted by atomic mass is 10.1. The lowest BCUT2D eigenvalue weighted by molar-refractivity contribution is 0.0600. The summed E-state index contributed by atoms with van der Waals surface area (Å²) >= 11 is 0. The van der Waals surface area contributed by atoms with Crippen molar-refractivity contribution in [2.45, 2.75) is 6.61 Å².